The summed E-state index contributed by atoms with van der Waals surface area (Å²) in [7, 11) is -3.94. The summed E-state index contributed by atoms with van der Waals surface area (Å²) in [4.78, 5) is 11.5. The van der Waals surface area contributed by atoms with Gasteiger partial charge in [0, 0.05) is 5.57 Å². The smallest absolute Gasteiger partial charge is 0.333 e. The van der Waals surface area contributed by atoms with Gasteiger partial charge in [-0.05, 0) is 39.7 Å². The Morgan fingerprint density at radius 2 is 1.89 bits per heavy atom. The zero-order chi connectivity index (χ0) is 14.2. The van der Waals surface area contributed by atoms with E-state index in [2.05, 4.69) is 0 Å². The van der Waals surface area contributed by atoms with Crippen molar-refractivity contribution in [2.75, 3.05) is 18.9 Å². The number of esters is 1. The minimum absolute atomic E-state index is 0.276. The maximum Gasteiger partial charge on any atom is 0.333 e. The van der Waals surface area contributed by atoms with Gasteiger partial charge in [-0.25, -0.2) is 4.79 Å². The van der Waals surface area contributed by atoms with E-state index < -0.39 is 16.1 Å². The van der Waals surface area contributed by atoms with Crippen molar-refractivity contribution < 1.29 is 22.5 Å². The minimum atomic E-state index is -3.94. The second kappa shape index (κ2) is 8.23. The van der Waals surface area contributed by atoms with Crippen molar-refractivity contribution in [1.29, 1.82) is 0 Å². The maximum absolute atomic E-state index is 11.5. The number of carbonyl (C=O) groups is 1. The summed E-state index contributed by atoms with van der Waals surface area (Å²) >= 11 is 0. The molecule has 0 amide bonds. The Bertz CT molecular complexity index is 400. The van der Waals surface area contributed by atoms with Crippen LogP contribution >= 0.6 is 0 Å². The van der Waals surface area contributed by atoms with Gasteiger partial charge in [0.25, 0.3) is 10.1 Å². The van der Waals surface area contributed by atoms with E-state index in [4.69, 9.17) is 15.0 Å². The molecular weight excluding hydrogens is 258 g/mol. The molecule has 0 atom stereocenters. The molecule has 0 rings (SSSR count). The third-order valence-corrected chi connectivity index (χ3v) is 3.29. The molecule has 0 bridgehead atoms. The van der Waals surface area contributed by atoms with Crippen LogP contribution in [0.2, 0.25) is 0 Å². The van der Waals surface area contributed by atoms with E-state index in [9.17, 15) is 13.2 Å². The summed E-state index contributed by atoms with van der Waals surface area (Å²) in [5.74, 6) is -0.715. The summed E-state index contributed by atoms with van der Waals surface area (Å²) in [5.41, 5.74) is 6.51. The van der Waals surface area contributed by atoms with E-state index in [-0.39, 0.29) is 18.8 Å². The molecule has 0 aromatic rings. The fourth-order valence-corrected chi connectivity index (χ4v) is 1.75. The van der Waals surface area contributed by atoms with Crippen molar-refractivity contribution in [3.05, 3.63) is 11.1 Å². The number of hydrogen-bond donors (Lipinski definition) is 2. The van der Waals surface area contributed by atoms with Crippen LogP contribution in [-0.4, -0.2) is 37.8 Å². The topological polar surface area (TPSA) is 107 Å². The highest BCUT2D eigenvalue weighted by Gasteiger charge is 2.10. The average Bonchev–Trinajstić information content (AvgIpc) is 2.26. The molecule has 0 aliphatic heterocycles. The lowest BCUT2D eigenvalue weighted by molar-refractivity contribution is -0.139. The predicted octanol–water partition coefficient (Wildman–Crippen LogP) is 0.883. The van der Waals surface area contributed by atoms with Crippen LogP contribution in [0.25, 0.3) is 0 Å². The van der Waals surface area contributed by atoms with Crippen molar-refractivity contribution in [2.45, 2.75) is 33.1 Å². The van der Waals surface area contributed by atoms with Gasteiger partial charge in [0.15, 0.2) is 0 Å². The van der Waals surface area contributed by atoms with Crippen molar-refractivity contribution in [2.24, 2.45) is 5.73 Å². The molecule has 0 aliphatic rings. The molecule has 0 saturated heterocycles. The summed E-state index contributed by atoms with van der Waals surface area (Å²) in [6, 6.07) is 0. The summed E-state index contributed by atoms with van der Waals surface area (Å²) in [6.45, 7) is 4.12. The first-order valence-corrected chi connectivity index (χ1v) is 7.37. The second-order valence-electron chi connectivity index (χ2n) is 4.07. The maximum atomic E-state index is 11.5. The molecule has 6 nitrogen and oxygen atoms in total. The Kier molecular flexibility index (Phi) is 7.81. The quantitative estimate of drug-likeness (QED) is 0.296. The van der Waals surface area contributed by atoms with E-state index in [1.54, 1.807) is 13.8 Å². The number of hydrogen-bond acceptors (Lipinski definition) is 5. The van der Waals surface area contributed by atoms with Gasteiger partial charge in [-0.1, -0.05) is 5.57 Å². The Morgan fingerprint density at radius 3 is 2.39 bits per heavy atom. The second-order valence-corrected chi connectivity index (χ2v) is 5.65. The Labute approximate surface area is 108 Å². The number of nitrogens with two attached hydrogens (primary N) is 1. The van der Waals surface area contributed by atoms with Crippen molar-refractivity contribution >= 4 is 16.1 Å². The van der Waals surface area contributed by atoms with Crippen LogP contribution in [0.5, 0.6) is 0 Å². The molecular formula is C11H21NO5S. The predicted molar refractivity (Wildman–Crippen MR) is 68.7 cm³/mol. The molecule has 3 N–H and O–H groups in total. The lowest BCUT2D eigenvalue weighted by atomic mass is 10.1. The van der Waals surface area contributed by atoms with Crippen LogP contribution in [-0.2, 0) is 19.6 Å². The van der Waals surface area contributed by atoms with Crippen LogP contribution in [0.1, 0.15) is 33.1 Å². The molecule has 18 heavy (non-hydrogen) atoms. The molecule has 106 valence electrons. The lowest BCUT2D eigenvalue weighted by Crippen LogP contribution is -2.12. The van der Waals surface area contributed by atoms with Gasteiger partial charge in [-0.15, -0.1) is 0 Å². The standard InChI is InChI=1S/C11H21NO5S/c1-9(5-3-8-18(14,15)16)10(2)11(13)17-7-4-6-12/h3-8,12H2,1-2H3,(H,14,15,16). The molecule has 0 saturated carbocycles. The monoisotopic (exact) mass is 279 g/mol. The highest BCUT2D eigenvalue weighted by molar-refractivity contribution is 7.85. The summed E-state index contributed by atoms with van der Waals surface area (Å²) in [6.07, 6.45) is 1.32. The summed E-state index contributed by atoms with van der Waals surface area (Å²) in [5, 5.41) is 0. The van der Waals surface area contributed by atoms with Gasteiger partial charge in [0.2, 0.25) is 0 Å². The lowest BCUT2D eigenvalue weighted by Gasteiger charge is -2.08. The normalized spacial score (nSPS) is 13.1. The Morgan fingerprint density at radius 1 is 1.28 bits per heavy atom. The van der Waals surface area contributed by atoms with Crippen molar-refractivity contribution in [3.63, 3.8) is 0 Å². The molecule has 0 fully saturated rings. The molecule has 0 aromatic heterocycles. The Hall–Kier alpha value is -0.920. The van der Waals surface area contributed by atoms with Crippen LogP contribution in [0.3, 0.4) is 0 Å². The first-order chi connectivity index (χ1) is 8.28. The van der Waals surface area contributed by atoms with E-state index in [1.807, 2.05) is 0 Å². The molecule has 0 aromatic carbocycles. The number of rotatable bonds is 8. The molecule has 0 unspecified atom stereocenters. The van der Waals surface area contributed by atoms with Crippen molar-refractivity contribution in [3.8, 4) is 0 Å². The molecule has 0 aliphatic carbocycles. The third-order valence-electron chi connectivity index (χ3n) is 2.48. The van der Waals surface area contributed by atoms with Gasteiger partial charge in [0.1, 0.15) is 0 Å². The van der Waals surface area contributed by atoms with Gasteiger partial charge in [-0.3, -0.25) is 4.55 Å². The molecule has 0 radical (unpaired) electrons. The van der Waals surface area contributed by atoms with Gasteiger partial charge < -0.3 is 10.5 Å². The van der Waals surface area contributed by atoms with Crippen LogP contribution < -0.4 is 5.73 Å². The Balaban J connectivity index is 4.21. The van der Waals surface area contributed by atoms with E-state index in [0.717, 1.165) is 5.57 Å². The number of carbonyl (C=O) groups excluding carboxylic acids is 1. The highest BCUT2D eigenvalue weighted by atomic mass is 32.2. The summed E-state index contributed by atoms with van der Waals surface area (Å²) < 4.78 is 34.6. The zero-order valence-electron chi connectivity index (χ0n) is 10.8. The molecule has 0 heterocycles. The SMILES string of the molecule is CC(CCCS(=O)(=O)O)=C(C)C(=O)OCCCN. The minimum Gasteiger partial charge on any atom is -0.462 e. The largest absolute Gasteiger partial charge is 0.462 e. The first kappa shape index (κ1) is 17.1. The van der Waals surface area contributed by atoms with Crippen LogP contribution in [0.4, 0.5) is 0 Å². The van der Waals surface area contributed by atoms with Gasteiger partial charge in [0.05, 0.1) is 12.4 Å². The van der Waals surface area contributed by atoms with E-state index in [1.165, 1.54) is 0 Å². The third kappa shape index (κ3) is 8.21. The fourth-order valence-electron chi connectivity index (χ4n) is 1.24. The first-order valence-electron chi connectivity index (χ1n) is 5.76. The van der Waals surface area contributed by atoms with E-state index in [0.29, 0.717) is 25.0 Å². The highest BCUT2D eigenvalue weighted by Crippen LogP contribution is 2.12. The van der Waals surface area contributed by atoms with Gasteiger partial charge in [-0.2, -0.15) is 8.42 Å². The fraction of sp³-hybridized carbons (Fsp3) is 0.727. The number of ether oxygens (including phenoxy) is 1. The van der Waals surface area contributed by atoms with Crippen molar-refractivity contribution in [1.82, 2.24) is 0 Å². The number of allylic oxidation sites excluding steroid dienone is 1. The van der Waals surface area contributed by atoms with Crippen LogP contribution in [0, 0.1) is 0 Å². The molecule has 0 spiro atoms. The zero-order valence-corrected chi connectivity index (χ0v) is 11.6. The van der Waals surface area contributed by atoms with Gasteiger partial charge >= 0.3 is 5.97 Å². The molecule has 7 heteroatoms. The average molecular weight is 279 g/mol. The van der Waals surface area contributed by atoms with E-state index >= 15 is 0 Å². The van der Waals surface area contributed by atoms with Crippen LogP contribution in [0.15, 0.2) is 11.1 Å².